The second-order valence-electron chi connectivity index (χ2n) is 8.54. The van der Waals surface area contributed by atoms with E-state index < -0.39 is 5.97 Å². The van der Waals surface area contributed by atoms with Gasteiger partial charge in [-0.2, -0.15) is 5.26 Å². The number of ether oxygens (including phenoxy) is 1. The Morgan fingerprint density at radius 3 is 2.74 bits per heavy atom. The summed E-state index contributed by atoms with van der Waals surface area (Å²) in [7, 11) is 0. The summed E-state index contributed by atoms with van der Waals surface area (Å²) in [6.45, 7) is 8.71. The molecule has 1 saturated heterocycles. The van der Waals surface area contributed by atoms with Gasteiger partial charge in [0.1, 0.15) is 6.07 Å². The number of nitrogens with zero attached hydrogens (tertiary/aromatic N) is 3. The Labute approximate surface area is 183 Å². The quantitative estimate of drug-likeness (QED) is 0.550. The third kappa shape index (κ3) is 5.98. The minimum atomic E-state index is -0.820. The molecule has 0 bridgehead atoms. The molecule has 31 heavy (non-hydrogen) atoms. The highest BCUT2D eigenvalue weighted by Gasteiger charge is 2.25. The van der Waals surface area contributed by atoms with Crippen molar-refractivity contribution in [1.82, 2.24) is 9.97 Å². The molecule has 0 aliphatic carbocycles. The van der Waals surface area contributed by atoms with E-state index >= 15 is 0 Å². The number of nitriles is 1. The molecule has 0 spiro atoms. The number of nitrogens with one attached hydrogen (secondary N) is 2. The zero-order chi connectivity index (χ0) is 22.4. The van der Waals surface area contributed by atoms with Crippen molar-refractivity contribution in [3.8, 4) is 6.07 Å². The van der Waals surface area contributed by atoms with Crippen molar-refractivity contribution in [3.05, 3.63) is 35.7 Å². The van der Waals surface area contributed by atoms with Gasteiger partial charge in [0.05, 0.1) is 17.8 Å². The smallest absolute Gasteiger partial charge is 0.303 e. The SMILES string of the molecule is CC(C)CN(c1ccc([C@H](C)CC(=O)O)cc1Nc1nc(C#N)c[nH]1)C1CCOCC1. The maximum atomic E-state index is 11.2. The summed E-state index contributed by atoms with van der Waals surface area (Å²) >= 11 is 0. The Bertz CT molecular complexity index is 928. The second kappa shape index (κ2) is 10.3. The lowest BCUT2D eigenvalue weighted by atomic mass is 9.95. The molecule has 1 fully saturated rings. The average Bonchev–Trinajstić information content (AvgIpc) is 3.20. The largest absolute Gasteiger partial charge is 0.481 e. The number of anilines is 3. The van der Waals surface area contributed by atoms with E-state index in [2.05, 4.69) is 40.1 Å². The van der Waals surface area contributed by atoms with Crippen LogP contribution in [0, 0.1) is 17.2 Å². The molecule has 1 atom stereocenters. The second-order valence-corrected chi connectivity index (χ2v) is 8.54. The molecule has 8 nitrogen and oxygen atoms in total. The summed E-state index contributed by atoms with van der Waals surface area (Å²) in [6, 6.07) is 8.49. The molecule has 2 aromatic rings. The first-order chi connectivity index (χ1) is 14.9. The molecular formula is C23H31N5O3. The molecule has 0 amide bonds. The lowest BCUT2D eigenvalue weighted by Gasteiger charge is -2.38. The molecule has 1 aromatic carbocycles. The number of aliphatic carboxylic acids is 1. The molecule has 0 unspecified atom stereocenters. The van der Waals surface area contributed by atoms with Crippen molar-refractivity contribution < 1.29 is 14.6 Å². The maximum absolute atomic E-state index is 11.2. The van der Waals surface area contributed by atoms with Gasteiger partial charge in [0.2, 0.25) is 5.95 Å². The van der Waals surface area contributed by atoms with Crippen LogP contribution in [0.2, 0.25) is 0 Å². The molecule has 0 radical (unpaired) electrons. The third-order valence-corrected chi connectivity index (χ3v) is 5.52. The Balaban J connectivity index is 2.00. The molecule has 3 rings (SSSR count). The minimum Gasteiger partial charge on any atom is -0.481 e. The normalized spacial score (nSPS) is 15.5. The Morgan fingerprint density at radius 2 is 2.13 bits per heavy atom. The van der Waals surface area contributed by atoms with Crippen molar-refractivity contribution in [2.75, 3.05) is 30.0 Å². The number of carboxylic acid groups (broad SMARTS) is 1. The first kappa shape index (κ1) is 22.6. The molecule has 0 saturated carbocycles. The average molecular weight is 426 g/mol. The molecule has 3 N–H and O–H groups in total. The van der Waals surface area contributed by atoms with Gasteiger partial charge in [-0.05, 0) is 42.4 Å². The highest BCUT2D eigenvalue weighted by atomic mass is 16.5. The number of benzene rings is 1. The van der Waals surface area contributed by atoms with E-state index in [4.69, 9.17) is 10.00 Å². The highest BCUT2D eigenvalue weighted by Crippen LogP contribution is 2.35. The number of aromatic nitrogens is 2. The van der Waals surface area contributed by atoms with E-state index in [9.17, 15) is 9.90 Å². The van der Waals surface area contributed by atoms with Crippen LogP contribution in [0.4, 0.5) is 17.3 Å². The summed E-state index contributed by atoms with van der Waals surface area (Å²) in [6.07, 6.45) is 3.54. The molecule has 166 valence electrons. The maximum Gasteiger partial charge on any atom is 0.303 e. The standard InChI is InChI=1S/C23H31N5O3/c1-15(2)14-28(19-6-8-31-9-7-19)21-5-4-17(16(3)10-22(29)30)11-20(21)27-23-25-13-18(12-24)26-23/h4-5,11,13,15-16,19H,6-10,14H2,1-3H3,(H,29,30)(H2,25,26,27)/t16-/m1/s1. The topological polar surface area (TPSA) is 114 Å². The van der Waals surface area contributed by atoms with Crippen LogP contribution in [0.1, 0.15) is 57.2 Å². The van der Waals surface area contributed by atoms with Crippen LogP contribution in [0.25, 0.3) is 0 Å². The van der Waals surface area contributed by atoms with E-state index in [-0.39, 0.29) is 12.3 Å². The number of carbonyl (C=O) groups is 1. The fourth-order valence-electron chi connectivity index (χ4n) is 4.00. The van der Waals surface area contributed by atoms with E-state index in [0.29, 0.717) is 23.6 Å². The van der Waals surface area contributed by atoms with Gasteiger partial charge in [0, 0.05) is 32.0 Å². The first-order valence-corrected chi connectivity index (χ1v) is 10.8. The zero-order valence-electron chi connectivity index (χ0n) is 18.4. The molecule has 2 heterocycles. The number of hydrogen-bond acceptors (Lipinski definition) is 6. The van der Waals surface area contributed by atoms with Crippen molar-refractivity contribution in [2.24, 2.45) is 5.92 Å². The van der Waals surface area contributed by atoms with Crippen LogP contribution in [0.3, 0.4) is 0 Å². The van der Waals surface area contributed by atoms with E-state index in [0.717, 1.165) is 49.5 Å². The summed E-state index contributed by atoms with van der Waals surface area (Å²) in [5, 5.41) is 21.6. The van der Waals surface area contributed by atoms with Crippen molar-refractivity contribution in [3.63, 3.8) is 0 Å². The van der Waals surface area contributed by atoms with Gasteiger partial charge in [0.25, 0.3) is 0 Å². The van der Waals surface area contributed by atoms with Gasteiger partial charge in [-0.25, -0.2) is 4.98 Å². The Hall–Kier alpha value is -3.05. The predicted octanol–water partition coefficient (Wildman–Crippen LogP) is 4.24. The van der Waals surface area contributed by atoms with Gasteiger partial charge >= 0.3 is 5.97 Å². The molecular weight excluding hydrogens is 394 g/mol. The molecule has 8 heteroatoms. The van der Waals surface area contributed by atoms with Gasteiger partial charge in [-0.1, -0.05) is 26.8 Å². The van der Waals surface area contributed by atoms with E-state index in [1.165, 1.54) is 0 Å². The monoisotopic (exact) mass is 425 g/mol. The molecule has 1 aliphatic rings. The number of rotatable bonds is 9. The third-order valence-electron chi connectivity index (χ3n) is 5.52. The van der Waals surface area contributed by atoms with E-state index in [1.54, 1.807) is 6.20 Å². The van der Waals surface area contributed by atoms with Crippen LogP contribution in [-0.4, -0.2) is 46.8 Å². The van der Waals surface area contributed by atoms with Crippen molar-refractivity contribution in [2.45, 2.75) is 52.0 Å². The van der Waals surface area contributed by atoms with Crippen molar-refractivity contribution in [1.29, 1.82) is 5.26 Å². The lowest BCUT2D eigenvalue weighted by molar-refractivity contribution is -0.137. The summed E-state index contributed by atoms with van der Waals surface area (Å²) < 4.78 is 5.58. The van der Waals surface area contributed by atoms with Crippen molar-refractivity contribution >= 4 is 23.3 Å². The molecule has 1 aromatic heterocycles. The van der Waals surface area contributed by atoms with Crippen LogP contribution in [0.5, 0.6) is 0 Å². The Kier molecular flexibility index (Phi) is 7.53. The van der Waals surface area contributed by atoms with Crippen LogP contribution in [0.15, 0.2) is 24.4 Å². The molecule has 1 aliphatic heterocycles. The Morgan fingerprint density at radius 1 is 1.39 bits per heavy atom. The van der Waals surface area contributed by atoms with Gasteiger partial charge in [-0.3, -0.25) is 4.79 Å². The number of carboxylic acids is 1. The fourth-order valence-corrected chi connectivity index (χ4v) is 4.00. The minimum absolute atomic E-state index is 0.0633. The van der Waals surface area contributed by atoms with Gasteiger partial charge in [-0.15, -0.1) is 0 Å². The van der Waals surface area contributed by atoms with Crippen LogP contribution < -0.4 is 10.2 Å². The highest BCUT2D eigenvalue weighted by molar-refractivity contribution is 5.76. The number of aromatic amines is 1. The summed E-state index contributed by atoms with van der Waals surface area (Å²) in [5.41, 5.74) is 3.14. The predicted molar refractivity (Wildman–Crippen MR) is 120 cm³/mol. The van der Waals surface area contributed by atoms with Gasteiger partial charge in [0.15, 0.2) is 5.69 Å². The number of imidazole rings is 1. The van der Waals surface area contributed by atoms with Gasteiger partial charge < -0.3 is 25.0 Å². The summed E-state index contributed by atoms with van der Waals surface area (Å²) in [5.74, 6) is 0.00634. The van der Waals surface area contributed by atoms with Crippen LogP contribution >= 0.6 is 0 Å². The fraction of sp³-hybridized carbons (Fsp3) is 0.522. The lowest BCUT2D eigenvalue weighted by Crippen LogP contribution is -2.42. The number of H-pyrrole nitrogens is 1. The first-order valence-electron chi connectivity index (χ1n) is 10.8. The number of hydrogen-bond donors (Lipinski definition) is 3. The van der Waals surface area contributed by atoms with Crippen LogP contribution in [-0.2, 0) is 9.53 Å². The zero-order valence-corrected chi connectivity index (χ0v) is 18.4. The van der Waals surface area contributed by atoms with E-state index in [1.807, 2.05) is 25.1 Å². The summed E-state index contributed by atoms with van der Waals surface area (Å²) in [4.78, 5) is 20.9.